The van der Waals surface area contributed by atoms with Gasteiger partial charge >= 0.3 is 0 Å². The Kier molecular flexibility index (Phi) is 3.31. The van der Waals surface area contributed by atoms with Gasteiger partial charge in [-0.15, -0.1) is 0 Å². The zero-order valence-corrected chi connectivity index (χ0v) is 13.6. The summed E-state index contributed by atoms with van der Waals surface area (Å²) in [5.41, 5.74) is 1.13. The summed E-state index contributed by atoms with van der Waals surface area (Å²) in [5.74, 6) is 2.76. The molecule has 0 radical (unpaired) electrons. The number of carbonyl (C=O) groups is 1. The highest BCUT2D eigenvalue weighted by atomic mass is 19.1. The van der Waals surface area contributed by atoms with Gasteiger partial charge in [-0.25, -0.2) is 4.39 Å². The summed E-state index contributed by atoms with van der Waals surface area (Å²) in [6, 6.07) is 0. The van der Waals surface area contributed by atoms with Crippen LogP contribution in [-0.2, 0) is 4.79 Å². The largest absolute Gasteiger partial charge is 0.390 e. The van der Waals surface area contributed by atoms with Crippen molar-refractivity contribution in [2.45, 2.75) is 64.6 Å². The minimum atomic E-state index is -1.05. The van der Waals surface area contributed by atoms with Crippen LogP contribution in [0.15, 0.2) is 11.6 Å². The second kappa shape index (κ2) is 4.90. The van der Waals surface area contributed by atoms with E-state index in [-0.39, 0.29) is 11.2 Å². The molecule has 0 aromatic heterocycles. The summed E-state index contributed by atoms with van der Waals surface area (Å²) < 4.78 is 14.2. The molecule has 0 amide bonds. The van der Waals surface area contributed by atoms with Crippen LogP contribution in [0.2, 0.25) is 0 Å². The van der Waals surface area contributed by atoms with Gasteiger partial charge in [0, 0.05) is 6.42 Å². The fraction of sp³-hybridized carbons (Fsp3) is 0.842. The van der Waals surface area contributed by atoms with Crippen LogP contribution in [0.1, 0.15) is 52.4 Å². The number of fused-ring (bicyclic) bond motifs is 5. The number of hydrogen-bond acceptors (Lipinski definition) is 2. The molecule has 0 bridgehead atoms. The molecule has 0 saturated heterocycles. The Labute approximate surface area is 132 Å². The fourth-order valence-corrected chi connectivity index (χ4v) is 6.54. The lowest BCUT2D eigenvalue weighted by Crippen LogP contribution is -2.50. The van der Waals surface area contributed by atoms with E-state index in [0.717, 1.165) is 25.7 Å². The molecule has 0 heterocycles. The highest BCUT2D eigenvalue weighted by Crippen LogP contribution is 2.63. The average Bonchev–Trinajstić information content (AvgIpc) is 2.70. The van der Waals surface area contributed by atoms with E-state index in [1.165, 1.54) is 5.57 Å². The van der Waals surface area contributed by atoms with Crippen LogP contribution < -0.4 is 0 Å². The van der Waals surface area contributed by atoms with E-state index in [1.54, 1.807) is 0 Å². The van der Waals surface area contributed by atoms with Crippen LogP contribution in [0.5, 0.6) is 0 Å². The third-order valence-corrected chi connectivity index (χ3v) is 7.58. The zero-order chi connectivity index (χ0) is 15.6. The molecule has 3 heteroatoms. The van der Waals surface area contributed by atoms with Crippen LogP contribution in [-0.4, -0.2) is 23.2 Å². The Hall–Kier alpha value is -0.700. The van der Waals surface area contributed by atoms with Gasteiger partial charge in [-0.05, 0) is 73.2 Å². The molecule has 22 heavy (non-hydrogen) atoms. The van der Waals surface area contributed by atoms with Gasteiger partial charge in [0.1, 0.15) is 6.17 Å². The van der Waals surface area contributed by atoms with Crippen molar-refractivity contribution in [1.29, 1.82) is 0 Å². The van der Waals surface area contributed by atoms with Crippen LogP contribution in [0.4, 0.5) is 4.39 Å². The molecule has 8 atom stereocenters. The first-order valence-electron chi connectivity index (χ1n) is 8.97. The first-order chi connectivity index (χ1) is 10.4. The number of hydrogen-bond donors (Lipinski definition) is 1. The Balaban J connectivity index is 1.69. The van der Waals surface area contributed by atoms with Crippen molar-refractivity contribution in [2.75, 3.05) is 0 Å². The maximum absolute atomic E-state index is 14.2. The molecule has 3 fully saturated rings. The van der Waals surface area contributed by atoms with E-state index in [0.29, 0.717) is 42.4 Å². The maximum Gasteiger partial charge on any atom is 0.155 e. The van der Waals surface area contributed by atoms with E-state index in [1.807, 2.05) is 6.08 Å². The lowest BCUT2D eigenvalue weighted by atomic mass is 9.49. The number of carbonyl (C=O) groups excluding carboxylic acids is 1. The Morgan fingerprint density at radius 3 is 2.91 bits per heavy atom. The smallest absolute Gasteiger partial charge is 0.155 e. The van der Waals surface area contributed by atoms with Crippen LogP contribution in [0.25, 0.3) is 0 Å². The summed E-state index contributed by atoms with van der Waals surface area (Å²) in [5, 5.41) is 10.4. The zero-order valence-electron chi connectivity index (χ0n) is 13.6. The van der Waals surface area contributed by atoms with Gasteiger partial charge in [0.05, 0.1) is 6.10 Å². The van der Waals surface area contributed by atoms with Gasteiger partial charge in [0.25, 0.3) is 0 Å². The van der Waals surface area contributed by atoms with Gasteiger partial charge in [0.15, 0.2) is 5.78 Å². The molecule has 4 aliphatic carbocycles. The Morgan fingerprint density at radius 2 is 2.14 bits per heavy atom. The van der Waals surface area contributed by atoms with Crippen molar-refractivity contribution in [3.05, 3.63) is 11.6 Å². The summed E-state index contributed by atoms with van der Waals surface area (Å²) in [7, 11) is 0. The quantitative estimate of drug-likeness (QED) is 0.741. The van der Waals surface area contributed by atoms with E-state index < -0.39 is 12.3 Å². The SMILES string of the molecule is C[C@@H]1CC2=CC(=O)CC[C@@H]2[C@H]2CC[C@]3(C)[C@@H](O)[C@@H](F)C[C@H]3[C@@H]21. The molecular formula is C19H27FO2. The van der Waals surface area contributed by atoms with E-state index in [2.05, 4.69) is 13.8 Å². The first kappa shape index (κ1) is 14.9. The van der Waals surface area contributed by atoms with Gasteiger partial charge in [0.2, 0.25) is 0 Å². The summed E-state index contributed by atoms with van der Waals surface area (Å²) in [4.78, 5) is 11.7. The molecule has 4 rings (SSSR count). The molecule has 0 aromatic carbocycles. The van der Waals surface area contributed by atoms with E-state index in [9.17, 15) is 14.3 Å². The maximum atomic E-state index is 14.2. The van der Waals surface area contributed by atoms with Crippen molar-refractivity contribution in [2.24, 2.45) is 35.0 Å². The highest BCUT2D eigenvalue weighted by Gasteiger charge is 2.60. The minimum absolute atomic E-state index is 0.236. The molecule has 1 N–H and O–H groups in total. The van der Waals surface area contributed by atoms with Crippen molar-refractivity contribution in [3.63, 3.8) is 0 Å². The topological polar surface area (TPSA) is 37.3 Å². The van der Waals surface area contributed by atoms with Crippen molar-refractivity contribution in [1.82, 2.24) is 0 Å². The van der Waals surface area contributed by atoms with Gasteiger partial charge in [-0.3, -0.25) is 4.79 Å². The third-order valence-electron chi connectivity index (χ3n) is 7.58. The normalized spacial score (nSPS) is 54.3. The number of alkyl halides is 1. The van der Waals surface area contributed by atoms with Crippen LogP contribution >= 0.6 is 0 Å². The lowest BCUT2D eigenvalue weighted by molar-refractivity contribution is -0.116. The first-order valence-corrected chi connectivity index (χ1v) is 8.97. The minimum Gasteiger partial charge on any atom is -0.390 e. The molecule has 0 unspecified atom stereocenters. The molecule has 122 valence electrons. The third kappa shape index (κ3) is 1.90. The lowest BCUT2D eigenvalue weighted by Gasteiger charge is -2.55. The van der Waals surface area contributed by atoms with Crippen LogP contribution in [0.3, 0.4) is 0 Å². The molecule has 2 nitrogen and oxygen atoms in total. The molecule has 0 aliphatic heterocycles. The number of halogens is 1. The van der Waals surface area contributed by atoms with E-state index in [4.69, 9.17) is 0 Å². The van der Waals surface area contributed by atoms with Crippen molar-refractivity contribution < 1.29 is 14.3 Å². The van der Waals surface area contributed by atoms with Gasteiger partial charge in [-0.2, -0.15) is 0 Å². The van der Waals surface area contributed by atoms with Crippen molar-refractivity contribution >= 4 is 5.78 Å². The number of ketones is 1. The Bertz CT molecular complexity index is 528. The number of rotatable bonds is 0. The van der Waals surface area contributed by atoms with Crippen molar-refractivity contribution in [3.8, 4) is 0 Å². The molecule has 4 aliphatic rings. The molecule has 0 spiro atoms. The predicted molar refractivity (Wildman–Crippen MR) is 82.9 cm³/mol. The number of aliphatic hydroxyl groups excluding tert-OH is 1. The molecule has 0 aromatic rings. The molecule has 3 saturated carbocycles. The number of allylic oxidation sites excluding steroid dienone is 1. The highest BCUT2D eigenvalue weighted by molar-refractivity contribution is 5.91. The standard InChI is InChI=1S/C19H27FO2/c1-10-7-11-8-12(21)3-4-13(11)14-5-6-19(2)15(17(10)14)9-16(20)18(19)22/h8,10,13-18,22H,3-7,9H2,1-2H3/t10-,13+,14-,15+,16+,17-,18+,19+/m1/s1. The van der Waals surface area contributed by atoms with Gasteiger partial charge < -0.3 is 5.11 Å². The second-order valence-electron chi connectivity index (χ2n) is 8.60. The number of aliphatic hydroxyl groups is 1. The molecular weight excluding hydrogens is 279 g/mol. The summed E-state index contributed by atoms with van der Waals surface area (Å²) in [6.07, 6.45) is 5.31. The monoisotopic (exact) mass is 306 g/mol. The van der Waals surface area contributed by atoms with E-state index >= 15 is 0 Å². The summed E-state index contributed by atoms with van der Waals surface area (Å²) in [6.45, 7) is 4.39. The predicted octanol–water partition coefficient (Wildman–Crippen LogP) is 3.68. The second-order valence-corrected chi connectivity index (χ2v) is 8.60. The van der Waals surface area contributed by atoms with Gasteiger partial charge in [-0.1, -0.05) is 19.4 Å². The van der Waals surface area contributed by atoms with Crippen LogP contribution in [0, 0.1) is 35.0 Å². The summed E-state index contributed by atoms with van der Waals surface area (Å²) >= 11 is 0. The fourth-order valence-electron chi connectivity index (χ4n) is 6.54. The average molecular weight is 306 g/mol. The Morgan fingerprint density at radius 1 is 1.36 bits per heavy atom.